The molecule has 0 aliphatic carbocycles. The van der Waals surface area contributed by atoms with Crippen molar-refractivity contribution in [1.29, 1.82) is 0 Å². The molecule has 1 rings (SSSR count). The molecule has 0 aliphatic heterocycles. The predicted octanol–water partition coefficient (Wildman–Crippen LogP) is 1.48. The lowest BCUT2D eigenvalue weighted by Crippen LogP contribution is -2.22. The average molecular weight is 309 g/mol. The molecule has 10 heteroatoms. The van der Waals surface area contributed by atoms with Gasteiger partial charge in [0.1, 0.15) is 11.7 Å². The Morgan fingerprint density at radius 2 is 1.90 bits per heavy atom. The number of halogens is 3. The van der Waals surface area contributed by atoms with E-state index in [1.54, 1.807) is 0 Å². The molecule has 0 amide bonds. The molecule has 116 valence electrons. The number of benzene rings is 1. The summed E-state index contributed by atoms with van der Waals surface area (Å²) in [5.74, 6) is -1.44. The van der Waals surface area contributed by atoms with E-state index in [-0.39, 0.29) is 5.56 Å². The van der Waals surface area contributed by atoms with E-state index in [1.807, 2.05) is 0 Å². The minimum Gasteiger partial charge on any atom is -0.481 e. The van der Waals surface area contributed by atoms with E-state index in [2.05, 4.69) is 0 Å². The fourth-order valence-corrected chi connectivity index (χ4v) is 1.64. The highest BCUT2D eigenvalue weighted by molar-refractivity contribution is 5.67. The van der Waals surface area contributed by atoms with Gasteiger partial charge in [-0.05, 0) is 11.6 Å². The Kier molecular flexibility index (Phi) is 4.86. The number of nitro groups is 1. The smallest absolute Gasteiger partial charge is 0.422 e. The maximum atomic E-state index is 12.6. The highest BCUT2D eigenvalue weighted by atomic mass is 19.4. The first kappa shape index (κ1) is 16.9. The Morgan fingerprint density at radius 3 is 2.33 bits per heavy atom. The molecule has 7 nitrogen and oxygen atoms in total. The van der Waals surface area contributed by atoms with Gasteiger partial charge in [0.15, 0.2) is 0 Å². The summed E-state index contributed by atoms with van der Waals surface area (Å²) in [7, 11) is 0. The first-order valence-corrected chi connectivity index (χ1v) is 5.47. The van der Waals surface area contributed by atoms with Gasteiger partial charge in [-0.3, -0.25) is 14.9 Å². The zero-order valence-electron chi connectivity index (χ0n) is 10.2. The molecule has 0 saturated heterocycles. The van der Waals surface area contributed by atoms with Crippen molar-refractivity contribution in [3.8, 4) is 0 Å². The van der Waals surface area contributed by atoms with Crippen LogP contribution < -0.4 is 0 Å². The molecule has 0 spiro atoms. The van der Waals surface area contributed by atoms with Crippen LogP contribution in [0.1, 0.15) is 23.7 Å². The largest absolute Gasteiger partial charge is 0.481 e. The Labute approximate surface area is 115 Å². The van der Waals surface area contributed by atoms with E-state index in [1.165, 1.54) is 0 Å². The van der Waals surface area contributed by atoms with Crippen molar-refractivity contribution in [1.82, 2.24) is 0 Å². The number of aliphatic hydroxyl groups is 2. The summed E-state index contributed by atoms with van der Waals surface area (Å²) in [5, 5.41) is 38.1. The monoisotopic (exact) mass is 309 g/mol. The van der Waals surface area contributed by atoms with Crippen LogP contribution in [0.25, 0.3) is 0 Å². The number of nitrogens with zero attached hydrogens (tertiary/aromatic N) is 1. The second kappa shape index (κ2) is 6.06. The van der Waals surface area contributed by atoms with Gasteiger partial charge in [-0.2, -0.15) is 13.2 Å². The second-order valence-electron chi connectivity index (χ2n) is 4.14. The zero-order chi connectivity index (χ0) is 16.4. The van der Waals surface area contributed by atoms with Gasteiger partial charge < -0.3 is 15.3 Å². The van der Waals surface area contributed by atoms with Crippen molar-refractivity contribution < 1.29 is 38.2 Å². The predicted molar refractivity (Wildman–Crippen MR) is 61.3 cm³/mol. The van der Waals surface area contributed by atoms with Gasteiger partial charge in [0.25, 0.3) is 5.69 Å². The summed E-state index contributed by atoms with van der Waals surface area (Å²) in [5.41, 5.74) is -3.18. The molecule has 0 radical (unpaired) electrons. The third kappa shape index (κ3) is 4.13. The Morgan fingerprint density at radius 1 is 1.33 bits per heavy atom. The van der Waals surface area contributed by atoms with Crippen LogP contribution in [0.2, 0.25) is 0 Å². The lowest BCUT2D eigenvalue weighted by atomic mass is 9.99. The van der Waals surface area contributed by atoms with Crippen LogP contribution in [0.3, 0.4) is 0 Å². The van der Waals surface area contributed by atoms with E-state index in [4.69, 9.17) is 5.11 Å². The molecule has 0 aromatic heterocycles. The summed E-state index contributed by atoms with van der Waals surface area (Å²) in [4.78, 5) is 19.8. The molecule has 2 atom stereocenters. The van der Waals surface area contributed by atoms with Crippen LogP contribution in [0, 0.1) is 10.1 Å². The maximum absolute atomic E-state index is 12.6. The third-order valence-corrected chi connectivity index (χ3v) is 2.61. The molecule has 1 aromatic rings. The summed E-state index contributed by atoms with van der Waals surface area (Å²) in [6, 6.07) is 1.59. The quantitative estimate of drug-likeness (QED) is 0.559. The van der Waals surface area contributed by atoms with Crippen molar-refractivity contribution in [2.24, 2.45) is 0 Å². The molecule has 2 unspecified atom stereocenters. The van der Waals surface area contributed by atoms with E-state index in [0.29, 0.717) is 12.1 Å². The highest BCUT2D eigenvalue weighted by Gasteiger charge is 2.38. The number of hydrogen-bond acceptors (Lipinski definition) is 5. The normalized spacial score (nSPS) is 14.5. The molecule has 0 aliphatic rings. The summed E-state index contributed by atoms with van der Waals surface area (Å²) in [6.45, 7) is 0. The minimum atomic E-state index is -4.95. The van der Waals surface area contributed by atoms with Crippen LogP contribution in [0.5, 0.6) is 0 Å². The SMILES string of the molecule is O=C(O)CC(O)C(O)c1ccc(C(F)(F)F)c([N+](=O)[O-])c1. The number of nitro benzene ring substituents is 1. The first-order chi connectivity index (χ1) is 9.54. The summed E-state index contributed by atoms with van der Waals surface area (Å²) in [6.07, 6.45) is -9.48. The van der Waals surface area contributed by atoms with E-state index >= 15 is 0 Å². The molecular formula is C11H10F3NO6. The number of aliphatic carboxylic acids is 1. The molecule has 1 aromatic carbocycles. The summed E-state index contributed by atoms with van der Waals surface area (Å²) >= 11 is 0. The van der Waals surface area contributed by atoms with Crippen LogP contribution in [0.15, 0.2) is 18.2 Å². The van der Waals surface area contributed by atoms with Crippen LogP contribution >= 0.6 is 0 Å². The van der Waals surface area contributed by atoms with E-state index < -0.39 is 46.9 Å². The van der Waals surface area contributed by atoms with Crippen LogP contribution in [-0.4, -0.2) is 32.3 Å². The Bertz CT molecular complexity index is 559. The van der Waals surface area contributed by atoms with Gasteiger partial charge in [0.2, 0.25) is 0 Å². The van der Waals surface area contributed by atoms with Gasteiger partial charge >= 0.3 is 12.1 Å². The number of carboxylic acid groups (broad SMARTS) is 1. The van der Waals surface area contributed by atoms with Crippen LogP contribution in [-0.2, 0) is 11.0 Å². The molecule has 3 N–H and O–H groups in total. The van der Waals surface area contributed by atoms with Crippen molar-refractivity contribution in [2.45, 2.75) is 24.8 Å². The van der Waals surface area contributed by atoms with Gasteiger partial charge in [-0.1, -0.05) is 6.07 Å². The molecule has 0 saturated carbocycles. The van der Waals surface area contributed by atoms with Gasteiger partial charge in [0.05, 0.1) is 17.4 Å². The number of carbonyl (C=O) groups is 1. The number of rotatable bonds is 5. The summed E-state index contributed by atoms with van der Waals surface area (Å²) < 4.78 is 37.7. The number of hydrogen-bond donors (Lipinski definition) is 3. The Balaban J connectivity index is 3.20. The maximum Gasteiger partial charge on any atom is 0.422 e. The average Bonchev–Trinajstić information content (AvgIpc) is 2.35. The first-order valence-electron chi connectivity index (χ1n) is 5.47. The fraction of sp³-hybridized carbons (Fsp3) is 0.364. The number of aliphatic hydroxyl groups excluding tert-OH is 2. The molecular weight excluding hydrogens is 299 g/mol. The molecule has 0 heterocycles. The third-order valence-electron chi connectivity index (χ3n) is 2.61. The van der Waals surface area contributed by atoms with Gasteiger partial charge in [-0.15, -0.1) is 0 Å². The molecule has 21 heavy (non-hydrogen) atoms. The highest BCUT2D eigenvalue weighted by Crippen LogP contribution is 2.37. The fourth-order valence-electron chi connectivity index (χ4n) is 1.64. The van der Waals surface area contributed by atoms with Crippen molar-refractivity contribution >= 4 is 11.7 Å². The lowest BCUT2D eigenvalue weighted by Gasteiger charge is -2.17. The zero-order valence-corrected chi connectivity index (χ0v) is 10.2. The molecule has 0 fully saturated rings. The van der Waals surface area contributed by atoms with Gasteiger partial charge in [-0.25, -0.2) is 0 Å². The van der Waals surface area contributed by atoms with E-state index in [9.17, 15) is 38.3 Å². The number of carboxylic acids is 1. The number of alkyl halides is 3. The topological polar surface area (TPSA) is 121 Å². The standard InChI is InChI=1S/C11H10F3NO6/c12-11(13,14)6-2-1-5(3-7(6)15(20)21)10(19)8(16)4-9(17)18/h1-3,8,10,16,19H,4H2,(H,17,18). The second-order valence-corrected chi connectivity index (χ2v) is 4.14. The Hall–Kier alpha value is -2.20. The van der Waals surface area contributed by atoms with Gasteiger partial charge in [0, 0.05) is 6.07 Å². The van der Waals surface area contributed by atoms with Crippen molar-refractivity contribution in [3.05, 3.63) is 39.4 Å². The van der Waals surface area contributed by atoms with Crippen molar-refractivity contribution in [3.63, 3.8) is 0 Å². The van der Waals surface area contributed by atoms with E-state index in [0.717, 1.165) is 6.07 Å². The van der Waals surface area contributed by atoms with Crippen LogP contribution in [0.4, 0.5) is 18.9 Å². The minimum absolute atomic E-state index is 0.386. The van der Waals surface area contributed by atoms with Crippen molar-refractivity contribution in [2.75, 3.05) is 0 Å². The lowest BCUT2D eigenvalue weighted by molar-refractivity contribution is -0.388. The molecule has 0 bridgehead atoms.